The SMILES string of the molecule is COC(=O)NCC(=O)N1C[C@H]2CC[C@@]1(c1ncc(-c3ccc(-c4ccc(-c5cnc([C@@]67CCC(CN6C[C@@H](NC(=O)OC)C(C)C)C7)[nH]5)c5c4ncn5C)cc3)[nH]1)C2. The highest BCUT2D eigenvalue weighted by atomic mass is 16.5. The number of rotatable bonds is 11. The van der Waals surface area contributed by atoms with E-state index in [1.165, 1.54) is 20.6 Å². The lowest BCUT2D eigenvalue weighted by Gasteiger charge is -2.40. The molecule has 9 rings (SSSR count). The molecule has 5 aromatic rings. The summed E-state index contributed by atoms with van der Waals surface area (Å²) in [6.45, 7) is 6.54. The number of fused-ring (bicyclic) bond motifs is 5. The average molecular weight is 789 g/mol. The van der Waals surface area contributed by atoms with Gasteiger partial charge in [0.05, 0.1) is 60.9 Å². The summed E-state index contributed by atoms with van der Waals surface area (Å²) >= 11 is 0. The summed E-state index contributed by atoms with van der Waals surface area (Å²) in [4.78, 5) is 63.6. The molecular weight excluding hydrogens is 737 g/mol. The topological polar surface area (TPSA) is 175 Å². The van der Waals surface area contributed by atoms with Gasteiger partial charge in [-0.1, -0.05) is 44.2 Å². The lowest BCUT2D eigenvalue weighted by Crippen LogP contribution is -2.52. The normalized spacial score (nSPS) is 24.2. The number of hydrogen-bond donors (Lipinski definition) is 4. The molecule has 4 N–H and O–H groups in total. The zero-order valence-electron chi connectivity index (χ0n) is 33.8. The Hall–Kier alpha value is -5.70. The van der Waals surface area contributed by atoms with Gasteiger partial charge in [-0.3, -0.25) is 9.69 Å². The number of hydrogen-bond acceptors (Lipinski definition) is 9. The van der Waals surface area contributed by atoms with E-state index in [1.807, 2.05) is 30.7 Å². The lowest BCUT2D eigenvalue weighted by molar-refractivity contribution is -0.136. The number of nitrogens with one attached hydrogen (secondary N) is 4. The number of carbonyl (C=O) groups is 3. The van der Waals surface area contributed by atoms with Crippen LogP contribution in [-0.2, 0) is 32.4 Å². The molecule has 1 unspecified atom stereocenters. The number of ether oxygens (including phenoxy) is 2. The van der Waals surface area contributed by atoms with Crippen molar-refractivity contribution in [2.75, 3.05) is 40.4 Å². The second-order valence-corrected chi connectivity index (χ2v) is 17.1. The number of aromatic nitrogens is 6. The van der Waals surface area contributed by atoms with Gasteiger partial charge in [0.25, 0.3) is 0 Å². The van der Waals surface area contributed by atoms with Gasteiger partial charge in [-0.05, 0) is 73.5 Å². The molecule has 2 saturated heterocycles. The fourth-order valence-electron chi connectivity index (χ4n) is 10.4. The maximum atomic E-state index is 13.2. The quantitative estimate of drug-likeness (QED) is 0.127. The van der Waals surface area contributed by atoms with Gasteiger partial charge >= 0.3 is 12.2 Å². The van der Waals surface area contributed by atoms with Gasteiger partial charge in [-0.15, -0.1) is 0 Å². The second-order valence-electron chi connectivity index (χ2n) is 17.1. The van der Waals surface area contributed by atoms with Gasteiger partial charge in [0.2, 0.25) is 5.91 Å². The van der Waals surface area contributed by atoms with Crippen molar-refractivity contribution in [3.05, 3.63) is 66.8 Å². The molecule has 2 aromatic carbocycles. The third-order valence-electron chi connectivity index (χ3n) is 13.5. The molecule has 0 spiro atoms. The first kappa shape index (κ1) is 37.9. The number of alkyl carbamates (subject to hydrolysis) is 2. The molecule has 15 nitrogen and oxygen atoms in total. The molecule has 5 heterocycles. The summed E-state index contributed by atoms with van der Waals surface area (Å²) < 4.78 is 11.7. The zero-order chi connectivity index (χ0) is 40.3. The number of imidazole rings is 3. The molecule has 4 bridgehead atoms. The van der Waals surface area contributed by atoms with E-state index in [1.54, 1.807) is 0 Å². The Balaban J connectivity index is 0.955. The van der Waals surface area contributed by atoms with E-state index < -0.39 is 17.7 Å². The van der Waals surface area contributed by atoms with E-state index >= 15 is 0 Å². The molecule has 3 aromatic heterocycles. The first-order valence-electron chi connectivity index (χ1n) is 20.4. The van der Waals surface area contributed by atoms with Crippen LogP contribution in [0.25, 0.3) is 44.7 Å². The zero-order valence-corrected chi connectivity index (χ0v) is 33.8. The van der Waals surface area contributed by atoms with Crippen LogP contribution in [0.5, 0.6) is 0 Å². The van der Waals surface area contributed by atoms with E-state index in [0.29, 0.717) is 18.4 Å². The molecule has 2 aliphatic carbocycles. The predicted octanol–water partition coefficient (Wildman–Crippen LogP) is 5.91. The Labute approximate surface area is 337 Å². The maximum absolute atomic E-state index is 13.2. The highest BCUT2D eigenvalue weighted by Crippen LogP contribution is 2.53. The van der Waals surface area contributed by atoms with Crippen LogP contribution in [0.2, 0.25) is 0 Å². The van der Waals surface area contributed by atoms with Crippen LogP contribution in [-0.4, -0.2) is 104 Å². The second kappa shape index (κ2) is 14.6. The predicted molar refractivity (Wildman–Crippen MR) is 217 cm³/mol. The maximum Gasteiger partial charge on any atom is 0.407 e. The van der Waals surface area contributed by atoms with E-state index in [4.69, 9.17) is 19.7 Å². The van der Waals surface area contributed by atoms with Crippen molar-refractivity contribution in [1.29, 1.82) is 0 Å². The van der Waals surface area contributed by atoms with E-state index in [2.05, 4.69) is 85.1 Å². The summed E-state index contributed by atoms with van der Waals surface area (Å²) in [5.74, 6) is 2.90. The molecule has 5 atom stereocenters. The van der Waals surface area contributed by atoms with Crippen LogP contribution >= 0.6 is 0 Å². The summed E-state index contributed by atoms with van der Waals surface area (Å²) in [5.41, 5.74) is 7.17. The number of amides is 3. The monoisotopic (exact) mass is 788 g/mol. The third kappa shape index (κ3) is 6.30. The van der Waals surface area contributed by atoms with E-state index in [9.17, 15) is 14.4 Å². The number of carbonyl (C=O) groups excluding carboxylic acids is 3. The minimum atomic E-state index is -0.621. The first-order valence-corrected chi connectivity index (χ1v) is 20.4. The minimum absolute atomic E-state index is 0.0373. The van der Waals surface area contributed by atoms with Crippen molar-refractivity contribution in [1.82, 2.24) is 49.9 Å². The summed E-state index contributed by atoms with van der Waals surface area (Å²) in [6, 6.07) is 12.7. The Morgan fingerprint density at radius 2 is 1.47 bits per heavy atom. The summed E-state index contributed by atoms with van der Waals surface area (Å²) in [6.07, 6.45) is 10.6. The van der Waals surface area contributed by atoms with Crippen LogP contribution in [0.3, 0.4) is 0 Å². The summed E-state index contributed by atoms with van der Waals surface area (Å²) in [7, 11) is 4.72. The number of aryl methyl sites for hydroxylation is 1. The van der Waals surface area contributed by atoms with E-state index in [-0.39, 0.29) is 30.0 Å². The molecule has 304 valence electrons. The molecule has 58 heavy (non-hydrogen) atoms. The van der Waals surface area contributed by atoms with Crippen LogP contribution in [0.15, 0.2) is 55.1 Å². The number of aromatic amines is 2. The van der Waals surface area contributed by atoms with Crippen LogP contribution in [0.1, 0.15) is 64.0 Å². The minimum Gasteiger partial charge on any atom is -0.453 e. The number of benzene rings is 2. The highest BCUT2D eigenvalue weighted by molar-refractivity contribution is 6.00. The fraction of sp³-hybridized carbons (Fsp3) is 0.488. The molecule has 2 aliphatic heterocycles. The third-order valence-corrected chi connectivity index (χ3v) is 13.5. The Morgan fingerprint density at radius 3 is 2.17 bits per heavy atom. The number of nitrogens with zero attached hydrogens (tertiary/aromatic N) is 6. The number of H-pyrrole nitrogens is 2. The molecule has 0 radical (unpaired) electrons. The average Bonchev–Trinajstić information content (AvgIpc) is 4.10. The van der Waals surface area contributed by atoms with Crippen molar-refractivity contribution in [3.8, 4) is 33.6 Å². The van der Waals surface area contributed by atoms with E-state index in [0.717, 1.165) is 102 Å². The molecule has 15 heteroatoms. The van der Waals surface area contributed by atoms with Crippen molar-refractivity contribution < 1.29 is 23.9 Å². The number of methoxy groups -OCH3 is 2. The smallest absolute Gasteiger partial charge is 0.407 e. The van der Waals surface area contributed by atoms with Gasteiger partial charge in [-0.2, -0.15) is 0 Å². The number of piperidine rings is 2. The van der Waals surface area contributed by atoms with Gasteiger partial charge < -0.3 is 39.5 Å². The lowest BCUT2D eigenvalue weighted by atomic mass is 9.93. The molecule has 4 fully saturated rings. The molecule has 2 saturated carbocycles. The van der Waals surface area contributed by atoms with Crippen LogP contribution in [0, 0.1) is 17.8 Å². The molecular formula is C43H52N10O5. The largest absolute Gasteiger partial charge is 0.453 e. The fourth-order valence-corrected chi connectivity index (χ4v) is 10.4. The van der Waals surface area contributed by atoms with Crippen molar-refractivity contribution >= 4 is 29.1 Å². The Bertz CT molecular complexity index is 2370. The summed E-state index contributed by atoms with van der Waals surface area (Å²) in [5, 5.41) is 5.60. The Kier molecular flexibility index (Phi) is 9.53. The highest BCUT2D eigenvalue weighted by Gasteiger charge is 2.56. The molecule has 4 aliphatic rings. The van der Waals surface area contributed by atoms with Crippen molar-refractivity contribution in [2.45, 2.75) is 69.5 Å². The van der Waals surface area contributed by atoms with Crippen LogP contribution in [0.4, 0.5) is 9.59 Å². The van der Waals surface area contributed by atoms with Crippen molar-refractivity contribution in [2.24, 2.45) is 24.8 Å². The number of likely N-dealkylation sites (tertiary alicyclic amines) is 2. The first-order chi connectivity index (χ1) is 28.0. The van der Waals surface area contributed by atoms with Gasteiger partial charge in [0.1, 0.15) is 23.7 Å². The van der Waals surface area contributed by atoms with Gasteiger partial charge in [0.15, 0.2) is 0 Å². The molecule has 3 amide bonds. The van der Waals surface area contributed by atoms with Crippen LogP contribution < -0.4 is 10.6 Å². The standard InChI is InChI=1S/C43H52N10O5/c1-25(2)34(50-41(56)58-5)23-52-21-26-12-14-42(52,16-26)38-45-19-33(49-38)31-11-10-30(36-37(31)51(3)24-47-36)28-6-8-29(9-7-28)32-18-44-39(48-32)43-15-13-27(17-43)22-53(43)35(54)20-46-40(55)57-4/h6-11,18-19,24-27,34H,12-17,20-23H2,1-5H3,(H,44,48)(H,45,49)(H,46,55)(H,50,56)/t26?,27-,34+,42-,43-/m0/s1. The Morgan fingerprint density at radius 1 is 0.828 bits per heavy atom. The van der Waals surface area contributed by atoms with Crippen molar-refractivity contribution in [3.63, 3.8) is 0 Å². The van der Waals surface area contributed by atoms with Gasteiger partial charge in [-0.25, -0.2) is 24.5 Å². The van der Waals surface area contributed by atoms with Gasteiger partial charge in [0, 0.05) is 43.9 Å².